The summed E-state index contributed by atoms with van der Waals surface area (Å²) in [4.78, 5) is 38.2. The molecular weight excluding hydrogens is 901 g/mol. The highest BCUT2D eigenvalue weighted by molar-refractivity contribution is 5.71. The number of carbonyl (C=O) groups is 3. The van der Waals surface area contributed by atoms with E-state index in [0.717, 1.165) is 96.3 Å². The van der Waals surface area contributed by atoms with Crippen LogP contribution >= 0.6 is 0 Å². The van der Waals surface area contributed by atoms with Gasteiger partial charge in [0.05, 0.1) is 0 Å². The minimum atomic E-state index is -0.811. The van der Waals surface area contributed by atoms with Gasteiger partial charge in [-0.1, -0.05) is 239 Å². The van der Waals surface area contributed by atoms with Crippen LogP contribution in [0.1, 0.15) is 278 Å². The molecular formula is C67H112O6. The summed E-state index contributed by atoms with van der Waals surface area (Å²) in [5, 5.41) is 0. The first-order valence-corrected chi connectivity index (χ1v) is 30.4. The molecule has 0 amide bonds. The fourth-order valence-corrected chi connectivity index (χ4v) is 8.12. The maximum absolute atomic E-state index is 12.9. The van der Waals surface area contributed by atoms with Crippen LogP contribution in [0, 0.1) is 0 Å². The van der Waals surface area contributed by atoms with Gasteiger partial charge in [0.15, 0.2) is 6.10 Å². The lowest BCUT2D eigenvalue weighted by molar-refractivity contribution is -0.167. The zero-order valence-electron chi connectivity index (χ0n) is 47.6. The monoisotopic (exact) mass is 1010 g/mol. The van der Waals surface area contributed by atoms with E-state index in [1.54, 1.807) is 0 Å². The quantitative estimate of drug-likeness (QED) is 0.0261. The fourth-order valence-electron chi connectivity index (χ4n) is 8.12. The Morgan fingerprint density at radius 2 is 0.507 bits per heavy atom. The number of ether oxygens (including phenoxy) is 3. The number of esters is 3. The van der Waals surface area contributed by atoms with Crippen molar-refractivity contribution in [3.05, 3.63) is 109 Å². The third kappa shape index (κ3) is 58.8. The van der Waals surface area contributed by atoms with Gasteiger partial charge in [-0.05, 0) is 128 Å². The number of hydrogen-bond acceptors (Lipinski definition) is 6. The van der Waals surface area contributed by atoms with E-state index in [-0.39, 0.29) is 37.5 Å². The van der Waals surface area contributed by atoms with Gasteiger partial charge in [0.2, 0.25) is 0 Å². The summed E-state index contributed by atoms with van der Waals surface area (Å²) in [5.74, 6) is -0.975. The van der Waals surface area contributed by atoms with E-state index in [0.29, 0.717) is 19.3 Å². The highest BCUT2D eigenvalue weighted by Crippen LogP contribution is 2.14. The standard InChI is InChI=1S/C67H112O6/c1-4-7-10-13-16-19-22-25-28-31-33-36-39-42-45-48-51-54-57-60-66(69)72-63-64(62-71-65(68)59-56-53-50-47-44-41-38-35-30-27-24-21-18-15-12-9-6-3)73-67(70)61-58-55-52-49-46-43-40-37-34-32-29-26-23-20-17-14-11-8-5-2/h16-21,25-30,33,36,38,41,47,50,64H,4-15,22-24,31-32,34-35,37,39-40,42-46,48-49,51-63H2,1-3H3/b19-16-,20-17-,21-18-,28-25-,29-26-,30-27-,36-33-,41-38-,50-47-/t64-/m1/s1. The normalized spacial score (nSPS) is 12.9. The summed E-state index contributed by atoms with van der Waals surface area (Å²) in [7, 11) is 0. The van der Waals surface area contributed by atoms with Crippen LogP contribution in [-0.2, 0) is 28.6 Å². The van der Waals surface area contributed by atoms with Crippen molar-refractivity contribution in [2.45, 2.75) is 284 Å². The van der Waals surface area contributed by atoms with Crippen molar-refractivity contribution >= 4 is 17.9 Å². The molecule has 0 radical (unpaired) electrons. The van der Waals surface area contributed by atoms with Gasteiger partial charge in [0, 0.05) is 19.3 Å². The van der Waals surface area contributed by atoms with Crippen LogP contribution in [0.25, 0.3) is 0 Å². The molecule has 0 aromatic carbocycles. The molecule has 0 saturated heterocycles. The molecule has 0 N–H and O–H groups in total. The first-order chi connectivity index (χ1) is 36.0. The average Bonchev–Trinajstić information content (AvgIpc) is 3.39. The third-order valence-corrected chi connectivity index (χ3v) is 12.7. The minimum Gasteiger partial charge on any atom is -0.462 e. The summed E-state index contributed by atoms with van der Waals surface area (Å²) in [6, 6.07) is 0. The Kier molecular flexibility index (Phi) is 57.4. The van der Waals surface area contributed by atoms with Crippen molar-refractivity contribution in [3.63, 3.8) is 0 Å². The largest absolute Gasteiger partial charge is 0.462 e. The van der Waals surface area contributed by atoms with E-state index >= 15 is 0 Å². The minimum absolute atomic E-state index is 0.105. The van der Waals surface area contributed by atoms with Gasteiger partial charge in [-0.3, -0.25) is 14.4 Å². The fraction of sp³-hybridized carbons (Fsp3) is 0.687. The molecule has 416 valence electrons. The van der Waals surface area contributed by atoms with E-state index in [4.69, 9.17) is 14.2 Å². The maximum atomic E-state index is 12.9. The number of allylic oxidation sites excluding steroid dienone is 18. The van der Waals surface area contributed by atoms with E-state index in [1.165, 1.54) is 135 Å². The molecule has 0 aliphatic heterocycles. The first-order valence-electron chi connectivity index (χ1n) is 30.4. The van der Waals surface area contributed by atoms with Crippen LogP contribution in [-0.4, -0.2) is 37.2 Å². The zero-order chi connectivity index (χ0) is 52.9. The smallest absolute Gasteiger partial charge is 0.306 e. The van der Waals surface area contributed by atoms with E-state index in [2.05, 4.69) is 130 Å². The molecule has 0 fully saturated rings. The second kappa shape index (κ2) is 60.6. The van der Waals surface area contributed by atoms with Crippen LogP contribution in [0.5, 0.6) is 0 Å². The topological polar surface area (TPSA) is 78.9 Å². The van der Waals surface area contributed by atoms with Gasteiger partial charge in [-0.2, -0.15) is 0 Å². The number of rotatable bonds is 54. The second-order valence-corrected chi connectivity index (χ2v) is 19.9. The Bertz CT molecular complexity index is 1490. The molecule has 0 bridgehead atoms. The molecule has 0 unspecified atom stereocenters. The lowest BCUT2D eigenvalue weighted by Gasteiger charge is -2.18. The van der Waals surface area contributed by atoms with E-state index in [1.807, 2.05) is 0 Å². The van der Waals surface area contributed by atoms with E-state index in [9.17, 15) is 14.4 Å². The number of unbranched alkanes of at least 4 members (excludes halogenated alkanes) is 25. The lowest BCUT2D eigenvalue weighted by atomic mass is 10.1. The van der Waals surface area contributed by atoms with Crippen molar-refractivity contribution in [1.29, 1.82) is 0 Å². The summed E-state index contributed by atoms with van der Waals surface area (Å²) in [6.45, 7) is 6.51. The summed E-state index contributed by atoms with van der Waals surface area (Å²) < 4.78 is 16.8. The number of hydrogen-bond donors (Lipinski definition) is 0. The summed E-state index contributed by atoms with van der Waals surface area (Å²) in [5.41, 5.74) is 0. The molecule has 73 heavy (non-hydrogen) atoms. The Morgan fingerprint density at radius 3 is 0.822 bits per heavy atom. The van der Waals surface area contributed by atoms with Crippen molar-refractivity contribution in [3.8, 4) is 0 Å². The third-order valence-electron chi connectivity index (χ3n) is 12.7. The van der Waals surface area contributed by atoms with Gasteiger partial charge in [-0.25, -0.2) is 0 Å². The Morgan fingerprint density at radius 1 is 0.274 bits per heavy atom. The average molecular weight is 1010 g/mol. The predicted molar refractivity (Wildman–Crippen MR) is 316 cm³/mol. The molecule has 0 rings (SSSR count). The van der Waals surface area contributed by atoms with Crippen LogP contribution in [0.2, 0.25) is 0 Å². The van der Waals surface area contributed by atoms with Gasteiger partial charge in [0.1, 0.15) is 13.2 Å². The Hall–Kier alpha value is -3.93. The summed E-state index contributed by atoms with van der Waals surface area (Å²) in [6.07, 6.45) is 82.2. The van der Waals surface area contributed by atoms with Crippen LogP contribution in [0.15, 0.2) is 109 Å². The molecule has 0 heterocycles. The molecule has 0 aliphatic rings. The molecule has 1 atom stereocenters. The summed E-state index contributed by atoms with van der Waals surface area (Å²) >= 11 is 0. The molecule has 0 aromatic rings. The predicted octanol–water partition coefficient (Wildman–Crippen LogP) is 20.7. The Labute approximate surface area is 450 Å². The maximum Gasteiger partial charge on any atom is 0.306 e. The molecule has 0 aliphatic carbocycles. The van der Waals surface area contributed by atoms with Crippen molar-refractivity contribution in [1.82, 2.24) is 0 Å². The Balaban J connectivity index is 4.50. The second-order valence-electron chi connectivity index (χ2n) is 19.9. The van der Waals surface area contributed by atoms with Crippen LogP contribution in [0.3, 0.4) is 0 Å². The number of carbonyl (C=O) groups excluding carboxylic acids is 3. The zero-order valence-corrected chi connectivity index (χ0v) is 47.6. The van der Waals surface area contributed by atoms with Gasteiger partial charge in [-0.15, -0.1) is 0 Å². The first kappa shape index (κ1) is 69.1. The van der Waals surface area contributed by atoms with Gasteiger partial charge in [0.25, 0.3) is 0 Å². The van der Waals surface area contributed by atoms with Crippen molar-refractivity contribution in [2.75, 3.05) is 13.2 Å². The molecule has 6 nitrogen and oxygen atoms in total. The van der Waals surface area contributed by atoms with Crippen molar-refractivity contribution < 1.29 is 28.6 Å². The van der Waals surface area contributed by atoms with Gasteiger partial charge < -0.3 is 14.2 Å². The highest BCUT2D eigenvalue weighted by Gasteiger charge is 2.19. The SMILES string of the molecule is CCCCC/C=C\C/C=C\C/C=C\C/C=C\CCCC(=O)OC[C@H](COC(=O)CCCCCCCC/C=C\C/C=C\C/C=C\CCCCC)OC(=O)CCCCCCCCCCC/C=C\C/C=C\CCCCC. The van der Waals surface area contributed by atoms with Gasteiger partial charge >= 0.3 is 17.9 Å². The van der Waals surface area contributed by atoms with E-state index < -0.39 is 6.10 Å². The highest BCUT2D eigenvalue weighted by atomic mass is 16.6. The van der Waals surface area contributed by atoms with Crippen molar-refractivity contribution in [2.24, 2.45) is 0 Å². The molecule has 0 spiro atoms. The van der Waals surface area contributed by atoms with Crippen LogP contribution in [0.4, 0.5) is 0 Å². The molecule has 0 saturated carbocycles. The lowest BCUT2D eigenvalue weighted by Crippen LogP contribution is -2.30. The molecule has 6 heteroatoms. The van der Waals surface area contributed by atoms with Crippen LogP contribution < -0.4 is 0 Å². The molecule has 0 aromatic heterocycles.